The highest BCUT2D eigenvalue weighted by molar-refractivity contribution is 5.68. The van der Waals surface area contributed by atoms with Gasteiger partial charge in [0, 0.05) is 31.9 Å². The fourth-order valence-electron chi connectivity index (χ4n) is 2.42. The fourth-order valence-corrected chi connectivity index (χ4v) is 2.42. The lowest BCUT2D eigenvalue weighted by Crippen LogP contribution is -2.49. The van der Waals surface area contributed by atoms with Crippen molar-refractivity contribution in [1.29, 1.82) is 0 Å². The quantitative estimate of drug-likeness (QED) is 0.915. The van der Waals surface area contributed by atoms with Gasteiger partial charge in [-0.1, -0.05) is 6.07 Å². The molecule has 0 saturated carbocycles. The first-order valence-electron chi connectivity index (χ1n) is 7.02. The summed E-state index contributed by atoms with van der Waals surface area (Å²) < 4.78 is 5.01. The molecule has 5 nitrogen and oxygen atoms in total. The molecule has 0 aromatic heterocycles. The van der Waals surface area contributed by atoms with E-state index in [1.54, 1.807) is 4.90 Å². The number of benzene rings is 1. The van der Waals surface area contributed by atoms with E-state index in [0.29, 0.717) is 19.7 Å². The van der Waals surface area contributed by atoms with Gasteiger partial charge in [0.15, 0.2) is 0 Å². The van der Waals surface area contributed by atoms with E-state index < -0.39 is 0 Å². The summed E-state index contributed by atoms with van der Waals surface area (Å²) in [4.78, 5) is 15.6. The summed E-state index contributed by atoms with van der Waals surface area (Å²) in [5.41, 5.74) is 3.19. The van der Waals surface area contributed by atoms with Crippen molar-refractivity contribution < 1.29 is 14.6 Å². The second kappa shape index (κ2) is 6.61. The largest absolute Gasteiger partial charge is 0.450 e. The Kier molecular flexibility index (Phi) is 4.84. The maximum Gasteiger partial charge on any atom is 0.409 e. The smallest absolute Gasteiger partial charge is 0.409 e. The number of aliphatic hydroxyl groups is 1. The average Bonchev–Trinajstić information content (AvgIpc) is 2.47. The van der Waals surface area contributed by atoms with E-state index >= 15 is 0 Å². The maximum absolute atomic E-state index is 11.6. The highest BCUT2D eigenvalue weighted by atomic mass is 16.6. The van der Waals surface area contributed by atoms with Crippen LogP contribution in [0.15, 0.2) is 18.2 Å². The summed E-state index contributed by atoms with van der Waals surface area (Å²) >= 11 is 0. The zero-order valence-electron chi connectivity index (χ0n) is 12.1. The van der Waals surface area contributed by atoms with Gasteiger partial charge in [-0.05, 0) is 37.1 Å². The first-order chi connectivity index (χ1) is 9.65. The number of hydrogen-bond acceptors (Lipinski definition) is 4. The van der Waals surface area contributed by atoms with Crippen LogP contribution in [0.5, 0.6) is 0 Å². The Balaban J connectivity index is 1.97. The number of carbonyl (C=O) groups excluding carboxylic acids is 1. The fraction of sp³-hybridized carbons (Fsp3) is 0.533. The van der Waals surface area contributed by atoms with Gasteiger partial charge in [0.1, 0.15) is 0 Å². The molecule has 1 heterocycles. The van der Waals surface area contributed by atoms with Crippen LogP contribution in [-0.4, -0.2) is 48.9 Å². The molecule has 1 aliphatic heterocycles. The van der Waals surface area contributed by atoms with Crippen LogP contribution < -0.4 is 4.90 Å². The van der Waals surface area contributed by atoms with Crippen molar-refractivity contribution >= 4 is 11.8 Å². The molecule has 0 radical (unpaired) electrons. The Labute approximate surface area is 119 Å². The van der Waals surface area contributed by atoms with Crippen molar-refractivity contribution in [2.24, 2.45) is 0 Å². The summed E-state index contributed by atoms with van der Waals surface area (Å²) in [7, 11) is 0. The molecule has 1 aliphatic rings. The number of carbonyl (C=O) groups is 1. The summed E-state index contributed by atoms with van der Waals surface area (Å²) in [6.45, 7) is 7.28. The van der Waals surface area contributed by atoms with Gasteiger partial charge in [0.2, 0.25) is 0 Å². The van der Waals surface area contributed by atoms with Crippen molar-refractivity contribution in [3.8, 4) is 0 Å². The van der Waals surface area contributed by atoms with E-state index in [-0.39, 0.29) is 12.7 Å². The number of rotatable bonds is 3. The SMILES string of the molecule is CCOC(=O)N1CCN(c2ccc(CO)c(C)c2)CC1. The van der Waals surface area contributed by atoms with Crippen molar-refractivity contribution in [2.75, 3.05) is 37.7 Å². The minimum absolute atomic E-state index is 0.0722. The van der Waals surface area contributed by atoms with Crippen molar-refractivity contribution in [1.82, 2.24) is 4.90 Å². The van der Waals surface area contributed by atoms with Gasteiger partial charge in [-0.2, -0.15) is 0 Å². The number of aliphatic hydroxyl groups excluding tert-OH is 1. The number of anilines is 1. The average molecular weight is 278 g/mol. The van der Waals surface area contributed by atoms with Crippen LogP contribution in [0.4, 0.5) is 10.5 Å². The molecule has 0 spiro atoms. The summed E-state index contributed by atoms with van der Waals surface area (Å²) in [5.74, 6) is 0. The van der Waals surface area contributed by atoms with Crippen LogP contribution in [0.3, 0.4) is 0 Å². The molecule has 2 rings (SSSR count). The molecule has 1 aromatic carbocycles. The van der Waals surface area contributed by atoms with E-state index in [2.05, 4.69) is 11.0 Å². The maximum atomic E-state index is 11.6. The minimum atomic E-state index is -0.223. The second-order valence-corrected chi connectivity index (χ2v) is 4.94. The summed E-state index contributed by atoms with van der Waals surface area (Å²) in [6.07, 6.45) is -0.223. The lowest BCUT2D eigenvalue weighted by Gasteiger charge is -2.35. The number of aryl methyl sites for hydroxylation is 1. The predicted molar refractivity (Wildman–Crippen MR) is 77.9 cm³/mol. The molecule has 1 fully saturated rings. The van der Waals surface area contributed by atoms with E-state index in [9.17, 15) is 9.90 Å². The molecule has 1 saturated heterocycles. The number of amides is 1. The molecule has 0 bridgehead atoms. The molecule has 5 heteroatoms. The molecule has 1 aromatic rings. The monoisotopic (exact) mass is 278 g/mol. The van der Waals surface area contributed by atoms with E-state index in [1.165, 1.54) is 0 Å². The zero-order chi connectivity index (χ0) is 14.5. The van der Waals surface area contributed by atoms with E-state index in [4.69, 9.17) is 4.74 Å². The molecular weight excluding hydrogens is 256 g/mol. The summed E-state index contributed by atoms with van der Waals surface area (Å²) in [5, 5.41) is 9.19. The number of nitrogens with zero attached hydrogens (tertiary/aromatic N) is 2. The first-order valence-corrected chi connectivity index (χ1v) is 7.02. The Bertz CT molecular complexity index is 468. The van der Waals surface area contributed by atoms with Gasteiger partial charge in [0.05, 0.1) is 13.2 Å². The third-order valence-corrected chi connectivity index (χ3v) is 3.67. The van der Waals surface area contributed by atoms with Crippen molar-refractivity contribution in [2.45, 2.75) is 20.5 Å². The Hall–Kier alpha value is -1.75. The molecule has 1 amide bonds. The zero-order valence-corrected chi connectivity index (χ0v) is 12.1. The van der Waals surface area contributed by atoms with Gasteiger partial charge in [-0.3, -0.25) is 0 Å². The van der Waals surface area contributed by atoms with Crippen LogP contribution >= 0.6 is 0 Å². The molecule has 0 unspecified atom stereocenters. The molecule has 110 valence electrons. The van der Waals surface area contributed by atoms with Gasteiger partial charge in [-0.15, -0.1) is 0 Å². The van der Waals surface area contributed by atoms with E-state index in [0.717, 1.165) is 29.9 Å². The predicted octanol–water partition coefficient (Wildman–Crippen LogP) is 1.77. The van der Waals surface area contributed by atoms with Crippen LogP contribution in [0.25, 0.3) is 0 Å². The topological polar surface area (TPSA) is 53.0 Å². The minimum Gasteiger partial charge on any atom is -0.450 e. The Morgan fingerprint density at radius 3 is 2.55 bits per heavy atom. The molecule has 20 heavy (non-hydrogen) atoms. The lowest BCUT2D eigenvalue weighted by molar-refractivity contribution is 0.105. The van der Waals surface area contributed by atoms with Gasteiger partial charge >= 0.3 is 6.09 Å². The highest BCUT2D eigenvalue weighted by Crippen LogP contribution is 2.21. The molecule has 0 atom stereocenters. The first kappa shape index (κ1) is 14.7. The summed E-state index contributed by atoms with van der Waals surface area (Å²) in [6, 6.07) is 6.08. The normalized spacial score (nSPS) is 15.3. The van der Waals surface area contributed by atoms with Gasteiger partial charge in [0.25, 0.3) is 0 Å². The molecule has 0 aliphatic carbocycles. The third-order valence-electron chi connectivity index (χ3n) is 3.67. The van der Waals surface area contributed by atoms with Crippen LogP contribution in [0, 0.1) is 6.92 Å². The third kappa shape index (κ3) is 3.22. The lowest BCUT2D eigenvalue weighted by atomic mass is 10.1. The number of ether oxygens (including phenoxy) is 1. The van der Waals surface area contributed by atoms with Crippen molar-refractivity contribution in [3.63, 3.8) is 0 Å². The van der Waals surface area contributed by atoms with Crippen LogP contribution in [-0.2, 0) is 11.3 Å². The Morgan fingerprint density at radius 1 is 1.30 bits per heavy atom. The van der Waals surface area contributed by atoms with Crippen molar-refractivity contribution in [3.05, 3.63) is 29.3 Å². The van der Waals surface area contributed by atoms with Crippen LogP contribution in [0.2, 0.25) is 0 Å². The number of piperazine rings is 1. The second-order valence-electron chi connectivity index (χ2n) is 4.94. The molecule has 1 N–H and O–H groups in total. The number of hydrogen-bond donors (Lipinski definition) is 1. The van der Waals surface area contributed by atoms with Crippen LogP contribution in [0.1, 0.15) is 18.1 Å². The van der Waals surface area contributed by atoms with E-state index in [1.807, 2.05) is 26.0 Å². The Morgan fingerprint density at radius 2 is 2.00 bits per heavy atom. The highest BCUT2D eigenvalue weighted by Gasteiger charge is 2.22. The van der Waals surface area contributed by atoms with Gasteiger partial charge in [-0.25, -0.2) is 4.79 Å². The standard InChI is InChI=1S/C15H22N2O3/c1-3-20-15(19)17-8-6-16(7-9-17)14-5-4-13(11-18)12(2)10-14/h4-5,10,18H,3,6-9,11H2,1-2H3. The van der Waals surface area contributed by atoms with Gasteiger partial charge < -0.3 is 19.6 Å². The molecular formula is C15H22N2O3.